The van der Waals surface area contributed by atoms with Crippen molar-refractivity contribution in [1.29, 1.82) is 0 Å². The molecule has 0 saturated carbocycles. The van der Waals surface area contributed by atoms with Crippen molar-refractivity contribution in [2.75, 3.05) is 13.6 Å². The maximum Gasteiger partial charge on any atom is 0.223 e. The summed E-state index contributed by atoms with van der Waals surface area (Å²) in [6.07, 6.45) is -0.335. The fourth-order valence-corrected chi connectivity index (χ4v) is 1.16. The van der Waals surface area contributed by atoms with E-state index in [1.807, 2.05) is 11.9 Å². The second-order valence-electron chi connectivity index (χ2n) is 3.28. The fourth-order valence-electron chi connectivity index (χ4n) is 1.16. The molecule has 74 valence electrons. The average molecular weight is 185 g/mol. The van der Waals surface area contributed by atoms with Crippen LogP contribution >= 0.6 is 0 Å². The lowest BCUT2D eigenvalue weighted by Gasteiger charge is -2.15. The van der Waals surface area contributed by atoms with Crippen molar-refractivity contribution in [3.05, 3.63) is 11.7 Å². The van der Waals surface area contributed by atoms with Crippen molar-refractivity contribution in [2.45, 2.75) is 26.5 Å². The maximum atomic E-state index is 9.10. The van der Waals surface area contributed by atoms with Crippen LogP contribution in [0.4, 0.5) is 0 Å². The molecule has 0 aliphatic rings. The van der Waals surface area contributed by atoms with Crippen LogP contribution in [0.15, 0.2) is 4.52 Å². The first-order chi connectivity index (χ1) is 6.08. The van der Waals surface area contributed by atoms with Gasteiger partial charge in [-0.2, -0.15) is 4.98 Å². The summed E-state index contributed by atoms with van der Waals surface area (Å²) in [5.74, 6) is 1.22. The van der Waals surface area contributed by atoms with Gasteiger partial charge in [-0.3, -0.25) is 4.90 Å². The van der Waals surface area contributed by atoms with Crippen molar-refractivity contribution in [3.8, 4) is 0 Å². The SMILES string of the molecule is Cc1nc(CN(C)CC(C)O)no1. The Morgan fingerprint density at radius 3 is 2.77 bits per heavy atom. The van der Waals surface area contributed by atoms with Crippen LogP contribution in [-0.2, 0) is 6.54 Å². The van der Waals surface area contributed by atoms with E-state index < -0.39 is 0 Å². The van der Waals surface area contributed by atoms with E-state index in [1.54, 1.807) is 13.8 Å². The summed E-state index contributed by atoms with van der Waals surface area (Å²) < 4.78 is 4.82. The molecule has 0 bridgehead atoms. The van der Waals surface area contributed by atoms with Gasteiger partial charge in [-0.1, -0.05) is 5.16 Å². The van der Waals surface area contributed by atoms with Crippen LogP contribution in [0, 0.1) is 6.92 Å². The summed E-state index contributed by atoms with van der Waals surface area (Å²) in [5, 5.41) is 12.9. The third kappa shape index (κ3) is 3.52. The predicted octanol–water partition coefficient (Wildman–Crippen LogP) is 0.191. The van der Waals surface area contributed by atoms with Gasteiger partial charge in [-0.15, -0.1) is 0 Å². The zero-order chi connectivity index (χ0) is 9.84. The molecule has 0 fully saturated rings. The minimum Gasteiger partial charge on any atom is -0.392 e. The van der Waals surface area contributed by atoms with E-state index in [9.17, 15) is 0 Å². The number of aromatic nitrogens is 2. The van der Waals surface area contributed by atoms with Crippen LogP contribution < -0.4 is 0 Å². The first-order valence-electron chi connectivity index (χ1n) is 4.23. The lowest BCUT2D eigenvalue weighted by atomic mass is 10.4. The Morgan fingerprint density at radius 1 is 1.62 bits per heavy atom. The normalized spacial score (nSPS) is 13.6. The number of hydrogen-bond acceptors (Lipinski definition) is 5. The number of rotatable bonds is 4. The van der Waals surface area contributed by atoms with Gasteiger partial charge in [0.05, 0.1) is 12.6 Å². The van der Waals surface area contributed by atoms with Crippen LogP contribution in [0.3, 0.4) is 0 Å². The zero-order valence-electron chi connectivity index (χ0n) is 8.19. The highest BCUT2D eigenvalue weighted by Crippen LogP contribution is 1.99. The molecule has 0 saturated heterocycles. The molecule has 0 aliphatic heterocycles. The van der Waals surface area contributed by atoms with Crippen LogP contribution in [0.25, 0.3) is 0 Å². The van der Waals surface area contributed by atoms with Gasteiger partial charge in [0.25, 0.3) is 0 Å². The van der Waals surface area contributed by atoms with E-state index in [-0.39, 0.29) is 6.10 Å². The molecule has 1 aromatic heterocycles. The topological polar surface area (TPSA) is 62.4 Å². The van der Waals surface area contributed by atoms with Gasteiger partial charge >= 0.3 is 0 Å². The van der Waals surface area contributed by atoms with Crippen molar-refractivity contribution in [1.82, 2.24) is 15.0 Å². The number of nitrogens with zero attached hydrogens (tertiary/aromatic N) is 3. The van der Waals surface area contributed by atoms with E-state index in [0.29, 0.717) is 24.8 Å². The second-order valence-corrected chi connectivity index (χ2v) is 3.28. The Kier molecular flexibility index (Phi) is 3.39. The average Bonchev–Trinajstić information content (AvgIpc) is 2.33. The first kappa shape index (κ1) is 10.1. The molecule has 5 nitrogen and oxygen atoms in total. The first-order valence-corrected chi connectivity index (χ1v) is 4.23. The third-order valence-electron chi connectivity index (χ3n) is 1.56. The van der Waals surface area contributed by atoms with Crippen LogP contribution in [0.1, 0.15) is 18.6 Å². The summed E-state index contributed by atoms with van der Waals surface area (Å²) >= 11 is 0. The van der Waals surface area contributed by atoms with Gasteiger partial charge in [-0.05, 0) is 14.0 Å². The molecule has 0 aromatic carbocycles. The van der Waals surface area contributed by atoms with Crippen LogP contribution in [-0.4, -0.2) is 39.8 Å². The molecule has 1 unspecified atom stereocenters. The van der Waals surface area contributed by atoms with Crippen molar-refractivity contribution >= 4 is 0 Å². The van der Waals surface area contributed by atoms with E-state index in [0.717, 1.165) is 0 Å². The highest BCUT2D eigenvalue weighted by Gasteiger charge is 2.07. The van der Waals surface area contributed by atoms with Gasteiger partial charge in [0.2, 0.25) is 5.89 Å². The predicted molar refractivity (Wildman–Crippen MR) is 47.0 cm³/mol. The molecule has 1 N–H and O–H groups in total. The third-order valence-corrected chi connectivity index (χ3v) is 1.56. The molecule has 1 atom stereocenters. The minimum atomic E-state index is -0.335. The number of likely N-dealkylation sites (N-methyl/N-ethyl adjacent to an activating group) is 1. The highest BCUT2D eigenvalue weighted by molar-refractivity contribution is 4.83. The molecular formula is C8H15N3O2. The summed E-state index contributed by atoms with van der Waals surface area (Å²) in [6.45, 7) is 4.71. The molecule has 0 radical (unpaired) electrons. The maximum absolute atomic E-state index is 9.10. The summed E-state index contributed by atoms with van der Waals surface area (Å²) in [5.41, 5.74) is 0. The quantitative estimate of drug-likeness (QED) is 0.725. The molecule has 1 aromatic rings. The molecular weight excluding hydrogens is 170 g/mol. The second kappa shape index (κ2) is 4.34. The van der Waals surface area contributed by atoms with Crippen LogP contribution in [0.2, 0.25) is 0 Å². The number of aliphatic hydroxyl groups excluding tert-OH is 1. The Morgan fingerprint density at radius 2 is 2.31 bits per heavy atom. The molecule has 13 heavy (non-hydrogen) atoms. The van der Waals surface area contributed by atoms with Crippen LogP contribution in [0.5, 0.6) is 0 Å². The van der Waals surface area contributed by atoms with Gasteiger partial charge in [0.15, 0.2) is 5.82 Å². The molecule has 0 amide bonds. The van der Waals surface area contributed by atoms with E-state index in [2.05, 4.69) is 10.1 Å². The Bertz CT molecular complexity index is 260. The number of hydrogen-bond donors (Lipinski definition) is 1. The van der Waals surface area contributed by atoms with Gasteiger partial charge in [0.1, 0.15) is 0 Å². The van der Waals surface area contributed by atoms with Gasteiger partial charge in [-0.25, -0.2) is 0 Å². The number of aliphatic hydroxyl groups is 1. The largest absolute Gasteiger partial charge is 0.392 e. The molecule has 0 spiro atoms. The summed E-state index contributed by atoms with van der Waals surface area (Å²) in [6, 6.07) is 0. The summed E-state index contributed by atoms with van der Waals surface area (Å²) in [4.78, 5) is 6.00. The van der Waals surface area contributed by atoms with Crippen molar-refractivity contribution < 1.29 is 9.63 Å². The molecule has 1 heterocycles. The number of aryl methyl sites for hydroxylation is 1. The van der Waals surface area contributed by atoms with Gasteiger partial charge in [0, 0.05) is 13.5 Å². The standard InChI is InChI=1S/C8H15N3O2/c1-6(12)4-11(3)5-8-9-7(2)13-10-8/h6,12H,4-5H2,1-3H3. The minimum absolute atomic E-state index is 0.335. The van der Waals surface area contributed by atoms with Crippen molar-refractivity contribution in [3.63, 3.8) is 0 Å². The Balaban J connectivity index is 2.40. The molecule has 0 aliphatic carbocycles. The zero-order valence-corrected chi connectivity index (χ0v) is 8.19. The lowest BCUT2D eigenvalue weighted by Crippen LogP contribution is -2.27. The highest BCUT2D eigenvalue weighted by atomic mass is 16.5. The lowest BCUT2D eigenvalue weighted by molar-refractivity contribution is 0.136. The van der Waals surface area contributed by atoms with Crippen molar-refractivity contribution in [2.24, 2.45) is 0 Å². The monoisotopic (exact) mass is 185 g/mol. The smallest absolute Gasteiger partial charge is 0.223 e. The van der Waals surface area contributed by atoms with E-state index in [4.69, 9.17) is 9.63 Å². The fraction of sp³-hybridized carbons (Fsp3) is 0.750. The van der Waals surface area contributed by atoms with E-state index in [1.165, 1.54) is 0 Å². The summed E-state index contributed by atoms with van der Waals surface area (Å²) in [7, 11) is 1.90. The Hall–Kier alpha value is -0.940. The Labute approximate surface area is 77.4 Å². The van der Waals surface area contributed by atoms with E-state index >= 15 is 0 Å². The van der Waals surface area contributed by atoms with Gasteiger partial charge < -0.3 is 9.63 Å². The molecule has 5 heteroatoms. The molecule has 1 rings (SSSR count).